The van der Waals surface area contributed by atoms with Crippen molar-refractivity contribution in [3.05, 3.63) is 103 Å². The zero-order valence-corrected chi connectivity index (χ0v) is 28.3. The summed E-state index contributed by atoms with van der Waals surface area (Å²) in [4.78, 5) is 0. The van der Waals surface area contributed by atoms with Crippen LogP contribution in [0.15, 0.2) is 65.5 Å². The summed E-state index contributed by atoms with van der Waals surface area (Å²) in [6.45, 7) is 31.0. The molecule has 3 aromatic rings. The number of hydrogen-bond donors (Lipinski definition) is 0. The molecule has 2 N–H and O–H groups in total. The molecule has 0 fully saturated rings. The zero-order chi connectivity index (χ0) is 27.9. The van der Waals surface area contributed by atoms with E-state index in [-0.39, 0.29) is 44.6 Å². The van der Waals surface area contributed by atoms with Gasteiger partial charge in [-0.1, -0.05) is 91.8 Å². The Morgan fingerprint density at radius 2 is 1.28 bits per heavy atom. The molecular formula is C32H43N4OSY-3. The number of nitrogens with two attached hydrogens (primary N) is 1. The van der Waals surface area contributed by atoms with E-state index < -0.39 is 0 Å². The Balaban J connectivity index is 0.00000353. The molecule has 3 rings (SSSR count). The van der Waals surface area contributed by atoms with Gasteiger partial charge in [0.05, 0.1) is 0 Å². The third kappa shape index (κ3) is 8.44. The molecule has 0 atom stereocenters. The van der Waals surface area contributed by atoms with Gasteiger partial charge in [-0.05, 0) is 29.4 Å². The van der Waals surface area contributed by atoms with Crippen LogP contribution in [0.2, 0.25) is 0 Å². The molecule has 0 bridgehead atoms. The minimum absolute atomic E-state index is 0. The second-order valence-electron chi connectivity index (χ2n) is 10.2. The number of rotatable bonds is 9. The molecule has 0 unspecified atom stereocenters. The van der Waals surface area contributed by atoms with Crippen molar-refractivity contribution >= 4 is 19.0 Å². The summed E-state index contributed by atoms with van der Waals surface area (Å²) in [5.41, 5.74) is 7.26. The van der Waals surface area contributed by atoms with Crippen molar-refractivity contribution in [1.82, 2.24) is 4.57 Å². The molecule has 0 saturated heterocycles. The molecule has 7 heteroatoms. The smallest absolute Gasteiger partial charge is 0.469 e. The molecule has 0 saturated carbocycles. The molecule has 1 radical (unpaired) electrons. The van der Waals surface area contributed by atoms with Crippen LogP contribution in [0.5, 0.6) is 6.01 Å². The van der Waals surface area contributed by atoms with E-state index in [4.69, 9.17) is 24.1 Å². The fraction of sp³-hybridized carbons (Fsp3) is 0.375. The van der Waals surface area contributed by atoms with Crippen LogP contribution in [0.1, 0.15) is 101 Å². The molecule has 0 amide bonds. The van der Waals surface area contributed by atoms with Gasteiger partial charge in [0, 0.05) is 55.0 Å². The van der Waals surface area contributed by atoms with E-state index in [0.717, 1.165) is 11.4 Å². The van der Waals surface area contributed by atoms with Crippen LogP contribution >= 0.6 is 0 Å². The van der Waals surface area contributed by atoms with Gasteiger partial charge in [-0.3, -0.25) is 6.58 Å². The van der Waals surface area contributed by atoms with E-state index in [2.05, 4.69) is 131 Å². The van der Waals surface area contributed by atoms with Gasteiger partial charge in [0.1, 0.15) is 23.8 Å². The van der Waals surface area contributed by atoms with Crippen molar-refractivity contribution < 1.29 is 42.0 Å². The van der Waals surface area contributed by atoms with E-state index in [1.807, 2.05) is 0 Å². The molecule has 0 spiro atoms. The maximum atomic E-state index is 6.31. The molecule has 39 heavy (non-hydrogen) atoms. The van der Waals surface area contributed by atoms with Crippen molar-refractivity contribution in [2.45, 2.75) is 79.1 Å². The number of para-hydroxylation sites is 2. The van der Waals surface area contributed by atoms with Crippen LogP contribution in [-0.2, 0) is 45.5 Å². The summed E-state index contributed by atoms with van der Waals surface area (Å²) in [6.07, 6.45) is 5.51. The first-order valence-electron chi connectivity index (χ1n) is 12.8. The molecule has 5 nitrogen and oxygen atoms in total. The van der Waals surface area contributed by atoms with E-state index in [1.165, 1.54) is 28.5 Å². The van der Waals surface area contributed by atoms with Crippen LogP contribution in [0.25, 0.3) is 17.5 Å². The number of ether oxygens (including phenoxy) is 1. The maximum Gasteiger partial charge on any atom is 0.469 e. The predicted octanol–water partition coefficient (Wildman–Crippen LogP) is 8.80. The number of benzene rings is 2. The monoisotopic (exact) mass is 620 g/mol. The van der Waals surface area contributed by atoms with Gasteiger partial charge < -0.3 is 34.7 Å². The number of allylic oxidation sites excluding steroid dienone is 1. The quantitative estimate of drug-likeness (QED) is 0.0789. The van der Waals surface area contributed by atoms with Gasteiger partial charge in [-0.15, -0.1) is 6.21 Å². The first-order valence-corrected chi connectivity index (χ1v) is 13.2. The van der Waals surface area contributed by atoms with Gasteiger partial charge in [0.25, 0.3) is 0 Å². The second kappa shape index (κ2) is 16.9. The third-order valence-electron chi connectivity index (χ3n) is 6.33. The Hall–Kier alpha value is -2.12. The van der Waals surface area contributed by atoms with E-state index in [0.29, 0.717) is 29.7 Å². The Kier molecular flexibility index (Phi) is 16.0. The molecule has 0 aliphatic rings. The van der Waals surface area contributed by atoms with Crippen LogP contribution in [0.4, 0.5) is 0 Å². The fourth-order valence-corrected chi connectivity index (χ4v) is 4.68. The summed E-state index contributed by atoms with van der Waals surface area (Å²) in [7, 11) is 0. The fourth-order valence-electron chi connectivity index (χ4n) is 4.58. The van der Waals surface area contributed by atoms with Crippen molar-refractivity contribution in [2.75, 3.05) is 0 Å². The summed E-state index contributed by atoms with van der Waals surface area (Å²) < 4.78 is 14.2. The summed E-state index contributed by atoms with van der Waals surface area (Å²) in [6, 6.07) is 13.7. The molecule has 0 aliphatic carbocycles. The van der Waals surface area contributed by atoms with Crippen molar-refractivity contribution in [1.29, 1.82) is 0 Å². The average Bonchev–Trinajstić information content (AvgIpc) is 3.26. The third-order valence-corrected chi connectivity index (χ3v) is 6.44. The number of aromatic nitrogens is 2. The minimum Gasteiger partial charge on any atom is -0.693 e. The van der Waals surface area contributed by atoms with Gasteiger partial charge in [0.2, 0.25) is 0 Å². The SMILES string of the molecule is [CH-]=C.[CH-]=C(/C=N\[S-])Oc1n(-c2c(C(C)C)cccc2C(C)C)cc[n+]1-c1c(C(C)C)cccc1C(C)C.[NH2-].[Y]. The number of imidazole rings is 1. The van der Waals surface area contributed by atoms with Crippen LogP contribution in [0.3, 0.4) is 0 Å². The van der Waals surface area contributed by atoms with E-state index in [1.54, 1.807) is 0 Å². The van der Waals surface area contributed by atoms with Crippen LogP contribution in [0, 0.1) is 13.2 Å². The topological polar surface area (TPSA) is 63.9 Å². The summed E-state index contributed by atoms with van der Waals surface area (Å²) in [5.74, 6) is 1.47. The molecule has 0 aliphatic heterocycles. The molecule has 2 aromatic carbocycles. The number of nitrogens with zero attached hydrogens (tertiary/aromatic N) is 3. The van der Waals surface area contributed by atoms with Gasteiger partial charge in [-0.2, -0.15) is 9.13 Å². The molecule has 1 aromatic heterocycles. The predicted molar refractivity (Wildman–Crippen MR) is 163 cm³/mol. The van der Waals surface area contributed by atoms with Crippen molar-refractivity contribution in [3.8, 4) is 17.4 Å². The largest absolute Gasteiger partial charge is 0.693 e. The van der Waals surface area contributed by atoms with Gasteiger partial charge in [0.15, 0.2) is 0 Å². The van der Waals surface area contributed by atoms with E-state index >= 15 is 0 Å². The van der Waals surface area contributed by atoms with Crippen LogP contribution < -0.4 is 9.30 Å². The van der Waals surface area contributed by atoms with Crippen LogP contribution in [-0.4, -0.2) is 10.8 Å². The van der Waals surface area contributed by atoms with E-state index in [9.17, 15) is 0 Å². The summed E-state index contributed by atoms with van der Waals surface area (Å²) in [5, 5.41) is 0. The molecule has 209 valence electrons. The Morgan fingerprint density at radius 3 is 1.67 bits per heavy atom. The summed E-state index contributed by atoms with van der Waals surface area (Å²) >= 11 is 4.77. The Labute approximate surface area is 267 Å². The Morgan fingerprint density at radius 1 is 0.872 bits per heavy atom. The minimum atomic E-state index is 0. The zero-order valence-electron chi connectivity index (χ0n) is 24.7. The normalized spacial score (nSPS) is 10.9. The Bertz CT molecular complexity index is 1110. The first kappa shape index (κ1) is 36.9. The standard InChI is InChI=1S/C30H39N3OS.C2H3.H2N.Y/c1-19(2)24-12-10-13-25(20(3)4)28(24)32-16-17-33(30(32)34-23(9)18-31-35)29-26(21(5)6)14-11-15-27(29)22(7)8;1-2;;/h9-22,35H,1-8H3;1H,2H2;1H2;/q;2*-1;/p-1/b31-18-;;;. The molecule has 1 heterocycles. The maximum absolute atomic E-state index is 6.31. The van der Waals surface area contributed by atoms with Gasteiger partial charge in [-0.25, -0.2) is 6.58 Å². The van der Waals surface area contributed by atoms with Gasteiger partial charge >= 0.3 is 6.01 Å². The van der Waals surface area contributed by atoms with Crippen molar-refractivity contribution in [3.63, 3.8) is 0 Å². The van der Waals surface area contributed by atoms with Crippen molar-refractivity contribution in [2.24, 2.45) is 4.40 Å². The number of hydrogen-bond acceptors (Lipinski definition) is 3. The second-order valence-corrected chi connectivity index (χ2v) is 10.5. The molecular weight excluding hydrogens is 577 g/mol. The first-order chi connectivity index (χ1) is 17.6. The average molecular weight is 621 g/mol.